The summed E-state index contributed by atoms with van der Waals surface area (Å²) in [7, 11) is 0. The second kappa shape index (κ2) is 3.66. The van der Waals surface area contributed by atoms with Crippen molar-refractivity contribution in [3.8, 4) is 11.4 Å². The molecule has 0 bridgehead atoms. The van der Waals surface area contributed by atoms with E-state index in [0.717, 1.165) is 22.5 Å². The highest BCUT2D eigenvalue weighted by Gasteiger charge is 2.32. The number of fused-ring (bicyclic) bond motifs is 3. The van der Waals surface area contributed by atoms with Crippen molar-refractivity contribution in [3.05, 3.63) is 47.8 Å². The van der Waals surface area contributed by atoms with Gasteiger partial charge >= 0.3 is 5.97 Å². The Morgan fingerprint density at radius 1 is 1.12 bits per heavy atom. The van der Waals surface area contributed by atoms with Crippen LogP contribution in [-0.4, -0.2) is 15.9 Å². The topological polar surface area (TPSA) is 52.1 Å². The Morgan fingerprint density at radius 3 is 2.12 bits per heavy atom. The predicted octanol–water partition coefficient (Wildman–Crippen LogP) is 2.11. The molecule has 0 fully saturated rings. The van der Waals surface area contributed by atoms with E-state index in [1.807, 2.05) is 24.3 Å². The molecule has 0 spiro atoms. The van der Waals surface area contributed by atoms with Crippen LogP contribution < -0.4 is 0 Å². The van der Waals surface area contributed by atoms with Crippen LogP contribution in [0.1, 0.15) is 24.2 Å². The second-order valence-electron chi connectivity index (χ2n) is 3.87. The number of hydrogen-bond donors (Lipinski definition) is 0. The van der Waals surface area contributed by atoms with Gasteiger partial charge in [0.05, 0.1) is 11.4 Å². The van der Waals surface area contributed by atoms with Crippen molar-refractivity contribution >= 4 is 5.97 Å². The lowest BCUT2D eigenvalue weighted by molar-refractivity contribution is -0.144. The zero-order chi connectivity index (χ0) is 11.8. The fraction of sp³-hybridized carbons (Fsp3) is 0.154. The molecule has 3 rings (SSSR count). The monoisotopic (exact) mass is 226 g/mol. The van der Waals surface area contributed by atoms with Crippen LogP contribution in [0.2, 0.25) is 0 Å². The molecule has 4 heteroatoms. The molecule has 0 amide bonds. The number of carbonyl (C=O) groups is 1. The number of aromatic nitrogens is 2. The Balaban J connectivity index is 2.20. The zero-order valence-corrected chi connectivity index (χ0v) is 9.25. The maximum absolute atomic E-state index is 11.2. The molecule has 0 atom stereocenters. The molecule has 2 aromatic rings. The molecular weight excluding hydrogens is 216 g/mol. The largest absolute Gasteiger partial charge is 0.453 e. The third-order valence-corrected chi connectivity index (χ3v) is 2.75. The van der Waals surface area contributed by atoms with Crippen molar-refractivity contribution in [3.63, 3.8) is 0 Å². The van der Waals surface area contributed by atoms with Crippen LogP contribution in [0.15, 0.2) is 36.7 Å². The molecule has 0 saturated carbocycles. The maximum Gasteiger partial charge on any atom is 0.303 e. The van der Waals surface area contributed by atoms with E-state index in [-0.39, 0.29) is 12.1 Å². The van der Waals surface area contributed by atoms with Gasteiger partial charge in [-0.3, -0.25) is 14.8 Å². The molecule has 0 radical (unpaired) electrons. The van der Waals surface area contributed by atoms with Gasteiger partial charge in [0, 0.05) is 30.4 Å². The van der Waals surface area contributed by atoms with Crippen molar-refractivity contribution in [2.24, 2.45) is 0 Å². The number of rotatable bonds is 1. The van der Waals surface area contributed by atoms with Gasteiger partial charge in [0.2, 0.25) is 0 Å². The summed E-state index contributed by atoms with van der Waals surface area (Å²) in [5.74, 6) is -0.304. The number of pyridine rings is 2. The molecule has 0 aromatic carbocycles. The quantitative estimate of drug-likeness (QED) is 0.699. The minimum absolute atomic E-state index is 0.304. The minimum atomic E-state index is -0.375. The van der Waals surface area contributed by atoms with Crippen molar-refractivity contribution < 1.29 is 9.53 Å². The molecule has 0 aliphatic heterocycles. The standard InChI is InChI=1S/C13H10N2O2/c1-8(16)17-13-9-4-2-6-14-11(9)12-10(13)5-3-7-15-12/h2-7,13H,1H3. The van der Waals surface area contributed by atoms with Gasteiger partial charge < -0.3 is 4.74 Å². The van der Waals surface area contributed by atoms with Crippen molar-refractivity contribution in [1.29, 1.82) is 0 Å². The summed E-state index contributed by atoms with van der Waals surface area (Å²) < 4.78 is 5.35. The Morgan fingerprint density at radius 2 is 1.65 bits per heavy atom. The van der Waals surface area contributed by atoms with Crippen LogP contribution in [0, 0.1) is 0 Å². The third kappa shape index (κ3) is 1.49. The van der Waals surface area contributed by atoms with Gasteiger partial charge in [0.25, 0.3) is 0 Å². The summed E-state index contributed by atoms with van der Waals surface area (Å²) >= 11 is 0. The number of esters is 1. The van der Waals surface area contributed by atoms with E-state index >= 15 is 0 Å². The molecule has 2 heterocycles. The minimum Gasteiger partial charge on any atom is -0.453 e. The summed E-state index contributed by atoms with van der Waals surface area (Å²) in [5, 5.41) is 0. The Labute approximate surface area is 98.3 Å². The van der Waals surface area contributed by atoms with Crippen LogP contribution in [-0.2, 0) is 9.53 Å². The third-order valence-electron chi connectivity index (χ3n) is 2.75. The first kappa shape index (κ1) is 9.96. The van der Waals surface area contributed by atoms with E-state index in [9.17, 15) is 4.79 Å². The molecule has 0 saturated heterocycles. The lowest BCUT2D eigenvalue weighted by Crippen LogP contribution is -2.07. The van der Waals surface area contributed by atoms with Crippen molar-refractivity contribution in [1.82, 2.24) is 9.97 Å². The van der Waals surface area contributed by atoms with E-state index < -0.39 is 0 Å². The summed E-state index contributed by atoms with van der Waals surface area (Å²) in [6.45, 7) is 1.41. The van der Waals surface area contributed by atoms with Crippen LogP contribution in [0.3, 0.4) is 0 Å². The van der Waals surface area contributed by atoms with E-state index in [1.165, 1.54) is 6.92 Å². The Kier molecular flexibility index (Phi) is 2.14. The summed E-state index contributed by atoms with van der Waals surface area (Å²) in [6, 6.07) is 7.50. The highest BCUT2D eigenvalue weighted by atomic mass is 16.5. The molecule has 17 heavy (non-hydrogen) atoms. The first-order valence-corrected chi connectivity index (χ1v) is 5.35. The van der Waals surface area contributed by atoms with E-state index in [4.69, 9.17) is 4.74 Å². The molecule has 1 aliphatic carbocycles. The number of nitrogens with zero attached hydrogens (tertiary/aromatic N) is 2. The highest BCUT2D eigenvalue weighted by Crippen LogP contribution is 2.42. The van der Waals surface area contributed by atoms with Gasteiger partial charge in [-0.2, -0.15) is 0 Å². The summed E-state index contributed by atoms with van der Waals surface area (Å²) in [4.78, 5) is 19.8. The smallest absolute Gasteiger partial charge is 0.303 e. The average Bonchev–Trinajstić information content (AvgIpc) is 2.65. The number of carbonyl (C=O) groups excluding carboxylic acids is 1. The normalized spacial score (nSPS) is 13.0. The lowest BCUT2D eigenvalue weighted by Gasteiger charge is -2.12. The van der Waals surface area contributed by atoms with Gasteiger partial charge in [-0.05, 0) is 12.1 Å². The van der Waals surface area contributed by atoms with Gasteiger partial charge in [-0.15, -0.1) is 0 Å². The first-order chi connectivity index (χ1) is 8.27. The SMILES string of the molecule is CC(=O)OC1c2cccnc2-c2ncccc21. The summed E-state index contributed by atoms with van der Waals surface area (Å²) in [6.07, 6.45) is 3.06. The summed E-state index contributed by atoms with van der Waals surface area (Å²) in [5.41, 5.74) is 3.40. The molecule has 2 aromatic heterocycles. The van der Waals surface area contributed by atoms with Crippen LogP contribution in [0.4, 0.5) is 0 Å². The van der Waals surface area contributed by atoms with Crippen molar-refractivity contribution in [2.45, 2.75) is 13.0 Å². The Bertz CT molecular complexity index is 550. The van der Waals surface area contributed by atoms with E-state index in [1.54, 1.807) is 12.4 Å². The van der Waals surface area contributed by atoms with Gasteiger partial charge in [-0.1, -0.05) is 12.1 Å². The second-order valence-corrected chi connectivity index (χ2v) is 3.87. The predicted molar refractivity (Wildman–Crippen MR) is 61.1 cm³/mol. The number of hydrogen-bond acceptors (Lipinski definition) is 4. The van der Waals surface area contributed by atoms with Crippen LogP contribution in [0.25, 0.3) is 11.4 Å². The molecule has 84 valence electrons. The number of ether oxygens (including phenoxy) is 1. The lowest BCUT2D eigenvalue weighted by atomic mass is 10.1. The fourth-order valence-electron chi connectivity index (χ4n) is 2.11. The Hall–Kier alpha value is -2.23. The average molecular weight is 226 g/mol. The highest BCUT2D eigenvalue weighted by molar-refractivity contribution is 5.74. The molecule has 0 unspecified atom stereocenters. The first-order valence-electron chi connectivity index (χ1n) is 5.35. The van der Waals surface area contributed by atoms with Crippen LogP contribution in [0.5, 0.6) is 0 Å². The van der Waals surface area contributed by atoms with Crippen molar-refractivity contribution in [2.75, 3.05) is 0 Å². The van der Waals surface area contributed by atoms with E-state index in [0.29, 0.717) is 0 Å². The van der Waals surface area contributed by atoms with Gasteiger partial charge in [0.15, 0.2) is 6.10 Å². The fourth-order valence-corrected chi connectivity index (χ4v) is 2.11. The zero-order valence-electron chi connectivity index (χ0n) is 9.25. The molecule has 0 N–H and O–H groups in total. The molecular formula is C13H10N2O2. The van der Waals surface area contributed by atoms with E-state index in [2.05, 4.69) is 9.97 Å². The van der Waals surface area contributed by atoms with Crippen LogP contribution >= 0.6 is 0 Å². The molecule has 4 nitrogen and oxygen atoms in total. The maximum atomic E-state index is 11.2. The molecule has 1 aliphatic rings. The van der Waals surface area contributed by atoms with Gasteiger partial charge in [-0.25, -0.2) is 0 Å². The van der Waals surface area contributed by atoms with Gasteiger partial charge in [0.1, 0.15) is 0 Å².